The first-order valence-electron chi connectivity index (χ1n) is 14.4. The Morgan fingerprint density at radius 1 is 1.15 bits per heavy atom. The highest BCUT2D eigenvalue weighted by Gasteiger charge is 2.43. The summed E-state index contributed by atoms with van der Waals surface area (Å²) in [4.78, 5) is 54.2. The number of imide groups is 1. The van der Waals surface area contributed by atoms with Gasteiger partial charge in [-0.1, -0.05) is 19.6 Å². The Bertz CT molecular complexity index is 1160. The molecule has 2 N–H and O–H groups in total. The van der Waals surface area contributed by atoms with E-state index in [0.29, 0.717) is 30.9 Å². The Kier molecular flexibility index (Phi) is 9.44. The van der Waals surface area contributed by atoms with Gasteiger partial charge < -0.3 is 29.7 Å². The molecule has 4 rings (SSSR count). The molecule has 226 valence electrons. The lowest BCUT2D eigenvalue weighted by Crippen LogP contribution is -2.55. The van der Waals surface area contributed by atoms with Crippen LogP contribution in [0.25, 0.3) is 0 Å². The summed E-state index contributed by atoms with van der Waals surface area (Å²) in [6, 6.07) is 5.25. The zero-order valence-corrected chi connectivity index (χ0v) is 26.1. The molecule has 0 radical (unpaired) electrons. The number of piperidine rings is 2. The lowest BCUT2D eigenvalue weighted by molar-refractivity contribution is -0.158. The Labute approximate surface area is 243 Å². The van der Waals surface area contributed by atoms with Crippen LogP contribution in [0.5, 0.6) is 5.75 Å². The van der Waals surface area contributed by atoms with Gasteiger partial charge in [-0.05, 0) is 70.0 Å². The summed E-state index contributed by atoms with van der Waals surface area (Å²) in [6.45, 7) is 14.1. The number of likely N-dealkylation sites (tertiary alicyclic amines) is 1. The molecule has 0 saturated carbocycles. The largest absolute Gasteiger partial charge is 0.487 e. The molecule has 0 bridgehead atoms. The van der Waals surface area contributed by atoms with Crippen LogP contribution in [-0.4, -0.2) is 91.9 Å². The molecule has 3 heterocycles. The van der Waals surface area contributed by atoms with Gasteiger partial charge in [0.25, 0.3) is 11.8 Å². The van der Waals surface area contributed by atoms with Gasteiger partial charge in [-0.2, -0.15) is 0 Å². The molecule has 3 aliphatic rings. The van der Waals surface area contributed by atoms with E-state index in [1.54, 1.807) is 17.0 Å². The Morgan fingerprint density at radius 3 is 2.61 bits per heavy atom. The number of amides is 4. The number of nitrogens with zero attached hydrogens (tertiary/aromatic N) is 2. The summed E-state index contributed by atoms with van der Waals surface area (Å²) in [5.41, 5.74) is 0.678. The number of alkyl carbamates (subject to hydrolysis) is 1. The minimum Gasteiger partial charge on any atom is -0.487 e. The van der Waals surface area contributed by atoms with Crippen LogP contribution in [-0.2, 0) is 25.6 Å². The third kappa shape index (κ3) is 8.07. The molecule has 12 heteroatoms. The molecule has 0 aromatic heterocycles. The SMILES string of the molecule is CC(C)(C)OC(=O)NC1CCNCC1Oc1ccc2c(c1)CN(C1CCC(=O)N(COCC[Si](C)(C)C)C1=O)C2=O. The van der Waals surface area contributed by atoms with Gasteiger partial charge in [-0.15, -0.1) is 0 Å². The van der Waals surface area contributed by atoms with E-state index in [1.807, 2.05) is 26.8 Å². The van der Waals surface area contributed by atoms with Crippen molar-refractivity contribution in [3.8, 4) is 5.75 Å². The lowest BCUT2D eigenvalue weighted by atomic mass is 10.0. The van der Waals surface area contributed by atoms with Crippen molar-refractivity contribution in [3.63, 3.8) is 0 Å². The third-order valence-corrected chi connectivity index (χ3v) is 9.11. The minimum atomic E-state index is -1.30. The smallest absolute Gasteiger partial charge is 0.408 e. The van der Waals surface area contributed by atoms with E-state index in [0.717, 1.165) is 23.1 Å². The highest BCUT2D eigenvalue weighted by Crippen LogP contribution is 2.32. The highest BCUT2D eigenvalue weighted by atomic mass is 28.3. The Balaban J connectivity index is 1.39. The van der Waals surface area contributed by atoms with Gasteiger partial charge in [-0.25, -0.2) is 4.79 Å². The molecule has 3 atom stereocenters. The van der Waals surface area contributed by atoms with E-state index < -0.39 is 31.7 Å². The maximum Gasteiger partial charge on any atom is 0.408 e. The van der Waals surface area contributed by atoms with Gasteiger partial charge in [0.05, 0.1) is 6.04 Å². The number of hydrogen-bond acceptors (Lipinski definition) is 8. The molecular formula is C29H44N4O7Si. The molecule has 2 fully saturated rings. The minimum absolute atomic E-state index is 0.0838. The first kappa shape index (κ1) is 31.0. The average Bonchev–Trinajstić information content (AvgIpc) is 3.18. The molecule has 11 nitrogen and oxygen atoms in total. The number of ether oxygens (including phenoxy) is 3. The molecule has 4 amide bonds. The van der Waals surface area contributed by atoms with Crippen molar-refractivity contribution < 1.29 is 33.4 Å². The first-order chi connectivity index (χ1) is 19.2. The van der Waals surface area contributed by atoms with Crippen LogP contribution in [0.4, 0.5) is 4.79 Å². The molecule has 41 heavy (non-hydrogen) atoms. The standard InChI is InChI=1S/C29H44N4O7Si/c1-29(2,3)40-28(37)31-22-11-12-30-16-24(22)39-20-7-8-21-19(15-20)17-32(26(21)35)23-9-10-25(34)33(27(23)36)18-38-13-14-41(4,5)6/h7-8,15,22-24,30H,9-14,16-18H2,1-6H3,(H,31,37). The number of rotatable bonds is 9. The zero-order chi connectivity index (χ0) is 29.9. The van der Waals surface area contributed by atoms with Crippen LogP contribution in [0.15, 0.2) is 18.2 Å². The van der Waals surface area contributed by atoms with E-state index in [-0.39, 0.29) is 50.1 Å². The van der Waals surface area contributed by atoms with Crippen molar-refractivity contribution in [3.05, 3.63) is 29.3 Å². The zero-order valence-electron chi connectivity index (χ0n) is 25.1. The van der Waals surface area contributed by atoms with Gasteiger partial charge in [-0.3, -0.25) is 19.3 Å². The number of carbonyl (C=O) groups is 4. The van der Waals surface area contributed by atoms with E-state index in [9.17, 15) is 19.2 Å². The Morgan fingerprint density at radius 2 is 1.90 bits per heavy atom. The van der Waals surface area contributed by atoms with Gasteiger partial charge >= 0.3 is 6.09 Å². The van der Waals surface area contributed by atoms with Crippen LogP contribution in [0.2, 0.25) is 25.7 Å². The third-order valence-electron chi connectivity index (χ3n) is 7.40. The molecular weight excluding hydrogens is 544 g/mol. The Hall–Kier alpha value is -2.96. The summed E-state index contributed by atoms with van der Waals surface area (Å²) < 4.78 is 17.4. The number of fused-ring (bicyclic) bond motifs is 1. The normalized spacial score (nSPS) is 23.5. The van der Waals surface area contributed by atoms with E-state index >= 15 is 0 Å². The van der Waals surface area contributed by atoms with Crippen LogP contribution in [0.3, 0.4) is 0 Å². The van der Waals surface area contributed by atoms with E-state index in [2.05, 4.69) is 30.3 Å². The predicted molar refractivity (Wildman–Crippen MR) is 155 cm³/mol. The fourth-order valence-electron chi connectivity index (χ4n) is 5.18. The maximum absolute atomic E-state index is 13.3. The van der Waals surface area contributed by atoms with Gasteiger partial charge in [0.2, 0.25) is 5.91 Å². The molecule has 2 saturated heterocycles. The van der Waals surface area contributed by atoms with E-state index in [4.69, 9.17) is 14.2 Å². The second-order valence-electron chi connectivity index (χ2n) is 13.2. The predicted octanol–water partition coefficient (Wildman–Crippen LogP) is 3.11. The van der Waals surface area contributed by atoms with Gasteiger partial charge in [0.1, 0.15) is 30.2 Å². The monoisotopic (exact) mass is 588 g/mol. The first-order valence-corrected chi connectivity index (χ1v) is 18.2. The van der Waals surface area contributed by atoms with Crippen LogP contribution >= 0.6 is 0 Å². The highest BCUT2D eigenvalue weighted by molar-refractivity contribution is 6.76. The van der Waals surface area contributed by atoms with Crippen molar-refractivity contribution in [1.29, 1.82) is 0 Å². The number of nitrogens with one attached hydrogen (secondary N) is 2. The van der Waals surface area contributed by atoms with Crippen LogP contribution < -0.4 is 15.4 Å². The molecule has 3 aliphatic heterocycles. The summed E-state index contributed by atoms with van der Waals surface area (Å²) in [6.07, 6.45) is 0.338. The molecule has 3 unspecified atom stereocenters. The van der Waals surface area contributed by atoms with Crippen LogP contribution in [0.1, 0.15) is 56.0 Å². The maximum atomic E-state index is 13.3. The van der Waals surface area contributed by atoms with E-state index in [1.165, 1.54) is 0 Å². The second kappa shape index (κ2) is 12.5. The number of hydrogen-bond donors (Lipinski definition) is 2. The van der Waals surface area contributed by atoms with Gasteiger partial charge in [0, 0.05) is 39.8 Å². The lowest BCUT2D eigenvalue weighted by Gasteiger charge is -2.35. The van der Waals surface area contributed by atoms with Crippen molar-refractivity contribution in [2.45, 2.75) is 96.1 Å². The van der Waals surface area contributed by atoms with Crippen molar-refractivity contribution >= 4 is 31.9 Å². The van der Waals surface area contributed by atoms with Crippen molar-refractivity contribution in [2.24, 2.45) is 0 Å². The number of benzene rings is 1. The second-order valence-corrected chi connectivity index (χ2v) is 18.8. The summed E-state index contributed by atoms with van der Waals surface area (Å²) in [5.74, 6) is -0.320. The average molecular weight is 589 g/mol. The molecule has 1 aromatic rings. The molecule has 0 aliphatic carbocycles. The van der Waals surface area contributed by atoms with Gasteiger partial charge in [0.15, 0.2) is 0 Å². The molecule has 0 spiro atoms. The van der Waals surface area contributed by atoms with Crippen molar-refractivity contribution in [1.82, 2.24) is 20.4 Å². The fraction of sp³-hybridized carbons (Fsp3) is 0.655. The topological polar surface area (TPSA) is 127 Å². The number of carbonyl (C=O) groups excluding carboxylic acids is 4. The summed E-state index contributed by atoms with van der Waals surface area (Å²) >= 11 is 0. The van der Waals surface area contributed by atoms with Crippen molar-refractivity contribution in [2.75, 3.05) is 26.4 Å². The quantitative estimate of drug-likeness (QED) is 0.256. The molecule has 1 aromatic carbocycles. The van der Waals surface area contributed by atoms with Crippen LogP contribution in [0, 0.1) is 0 Å². The fourth-order valence-corrected chi connectivity index (χ4v) is 5.93. The summed E-state index contributed by atoms with van der Waals surface area (Å²) in [7, 11) is -1.30. The summed E-state index contributed by atoms with van der Waals surface area (Å²) in [5, 5.41) is 6.22.